The number of nitrogen functional groups attached to an aromatic ring is 1. The van der Waals surface area contributed by atoms with Gasteiger partial charge in [-0.05, 0) is 0 Å². The molecule has 0 spiro atoms. The lowest BCUT2D eigenvalue weighted by molar-refractivity contribution is -0.0430. The number of nitrogens with zero attached hydrogens (tertiary/aromatic N) is 2. The Bertz CT molecular complexity index is 664. The van der Waals surface area contributed by atoms with Crippen molar-refractivity contribution in [2.24, 2.45) is 0 Å². The first-order valence-electron chi connectivity index (χ1n) is 5.90. The van der Waals surface area contributed by atoms with E-state index in [9.17, 15) is 9.90 Å². The van der Waals surface area contributed by atoms with Gasteiger partial charge in [-0.1, -0.05) is 0 Å². The maximum Gasteiger partial charge on any atom is 0.277 e. The minimum absolute atomic E-state index is 0.233. The zero-order valence-electron chi connectivity index (χ0n) is 9.98. The molecule has 2 aromatic rings. The monoisotopic (exact) mass is 266 g/mol. The van der Waals surface area contributed by atoms with E-state index < -0.39 is 18.4 Å². The molecule has 102 valence electrons. The van der Waals surface area contributed by atoms with Crippen molar-refractivity contribution < 1.29 is 14.9 Å². The molecule has 3 rings (SSSR count). The Kier molecular flexibility index (Phi) is 2.77. The van der Waals surface area contributed by atoms with Gasteiger partial charge < -0.3 is 30.2 Å². The van der Waals surface area contributed by atoms with Crippen LogP contribution in [0.5, 0.6) is 0 Å². The predicted molar refractivity (Wildman–Crippen MR) is 66.4 cm³/mol. The van der Waals surface area contributed by atoms with E-state index in [1.54, 1.807) is 10.6 Å². The molecule has 1 aliphatic rings. The van der Waals surface area contributed by atoms with E-state index in [2.05, 4.69) is 9.97 Å². The molecule has 1 saturated heterocycles. The Labute approximate surface area is 107 Å². The number of rotatable bonds is 2. The number of aromatic amines is 1. The average Bonchev–Trinajstić information content (AvgIpc) is 2.92. The molecule has 0 aliphatic carbocycles. The fourth-order valence-corrected chi connectivity index (χ4v) is 2.34. The standard InChI is InChI=1S/C11H14N4O4/c12-8-1-5-10(11(18)14-8)13-4-15(5)9-2-6(17)7(3-16)19-9/h1,4,6-7,9,16-17H,2-3H2,(H3,12,14,18)/t6-,7+,9?/m0/s1. The van der Waals surface area contributed by atoms with Crippen molar-refractivity contribution in [3.8, 4) is 0 Å². The number of aromatic nitrogens is 3. The molecule has 2 aromatic heterocycles. The van der Waals surface area contributed by atoms with E-state index >= 15 is 0 Å². The maximum atomic E-state index is 11.7. The van der Waals surface area contributed by atoms with Gasteiger partial charge in [0.25, 0.3) is 5.56 Å². The molecule has 0 bridgehead atoms. The number of pyridine rings is 1. The highest BCUT2D eigenvalue weighted by Gasteiger charge is 2.35. The van der Waals surface area contributed by atoms with Crippen molar-refractivity contribution >= 4 is 16.9 Å². The summed E-state index contributed by atoms with van der Waals surface area (Å²) in [6, 6.07) is 1.59. The van der Waals surface area contributed by atoms with Crippen molar-refractivity contribution in [3.63, 3.8) is 0 Å². The number of nitrogens with one attached hydrogen (secondary N) is 1. The van der Waals surface area contributed by atoms with Crippen LogP contribution in [0.1, 0.15) is 12.6 Å². The Morgan fingerprint density at radius 1 is 1.63 bits per heavy atom. The van der Waals surface area contributed by atoms with Crippen LogP contribution < -0.4 is 11.3 Å². The smallest absolute Gasteiger partial charge is 0.277 e. The van der Waals surface area contributed by atoms with Crippen LogP contribution in [0, 0.1) is 0 Å². The van der Waals surface area contributed by atoms with Gasteiger partial charge in [0, 0.05) is 12.5 Å². The van der Waals surface area contributed by atoms with Crippen molar-refractivity contribution in [2.75, 3.05) is 12.3 Å². The first-order chi connectivity index (χ1) is 9.10. The van der Waals surface area contributed by atoms with Gasteiger partial charge >= 0.3 is 0 Å². The summed E-state index contributed by atoms with van der Waals surface area (Å²) in [6.45, 7) is -0.257. The Hall–Kier alpha value is -1.90. The van der Waals surface area contributed by atoms with Gasteiger partial charge in [0.1, 0.15) is 18.1 Å². The lowest BCUT2D eigenvalue weighted by Crippen LogP contribution is -2.24. The highest BCUT2D eigenvalue weighted by atomic mass is 16.5. The molecule has 1 aliphatic heterocycles. The molecule has 0 amide bonds. The minimum atomic E-state index is -0.744. The molecule has 0 saturated carbocycles. The van der Waals surface area contributed by atoms with Gasteiger partial charge in [-0.15, -0.1) is 0 Å². The largest absolute Gasteiger partial charge is 0.394 e. The van der Waals surface area contributed by atoms with Crippen molar-refractivity contribution in [3.05, 3.63) is 22.7 Å². The molecule has 5 N–H and O–H groups in total. The Morgan fingerprint density at radius 3 is 3.11 bits per heavy atom. The zero-order valence-corrected chi connectivity index (χ0v) is 9.98. The summed E-state index contributed by atoms with van der Waals surface area (Å²) in [7, 11) is 0. The van der Waals surface area contributed by atoms with E-state index in [4.69, 9.17) is 15.6 Å². The number of fused-ring (bicyclic) bond motifs is 1. The molecule has 3 atom stereocenters. The van der Waals surface area contributed by atoms with Crippen molar-refractivity contribution in [2.45, 2.75) is 24.9 Å². The van der Waals surface area contributed by atoms with Crippen LogP contribution in [-0.4, -0.2) is 43.6 Å². The number of H-pyrrole nitrogens is 1. The number of aliphatic hydroxyl groups is 2. The van der Waals surface area contributed by atoms with E-state index in [0.29, 0.717) is 11.9 Å². The van der Waals surface area contributed by atoms with Crippen LogP contribution in [0.2, 0.25) is 0 Å². The lowest BCUT2D eigenvalue weighted by atomic mass is 10.2. The summed E-state index contributed by atoms with van der Waals surface area (Å²) in [6.07, 6.45) is -0.0493. The quantitative estimate of drug-likeness (QED) is 0.549. The summed E-state index contributed by atoms with van der Waals surface area (Å²) >= 11 is 0. The molecule has 19 heavy (non-hydrogen) atoms. The normalized spacial score (nSPS) is 27.2. The first-order valence-corrected chi connectivity index (χ1v) is 5.90. The number of nitrogens with two attached hydrogens (primary N) is 1. The van der Waals surface area contributed by atoms with Gasteiger partial charge in [-0.25, -0.2) is 4.98 Å². The molecule has 1 fully saturated rings. The summed E-state index contributed by atoms with van der Waals surface area (Å²) < 4.78 is 7.16. The van der Waals surface area contributed by atoms with Crippen molar-refractivity contribution in [1.29, 1.82) is 0 Å². The molecule has 3 heterocycles. The molecule has 8 nitrogen and oxygen atoms in total. The summed E-state index contributed by atoms with van der Waals surface area (Å²) in [5.74, 6) is 0.233. The Balaban J connectivity index is 2.05. The number of imidazole rings is 1. The number of hydrogen-bond donors (Lipinski definition) is 4. The summed E-state index contributed by atoms with van der Waals surface area (Å²) in [5.41, 5.74) is 6.04. The minimum Gasteiger partial charge on any atom is -0.394 e. The van der Waals surface area contributed by atoms with Crippen LogP contribution in [0.4, 0.5) is 5.82 Å². The van der Waals surface area contributed by atoms with Crippen LogP contribution in [0.25, 0.3) is 11.0 Å². The Morgan fingerprint density at radius 2 is 2.42 bits per heavy atom. The number of anilines is 1. The maximum absolute atomic E-state index is 11.7. The zero-order chi connectivity index (χ0) is 13.6. The van der Waals surface area contributed by atoms with Crippen LogP contribution in [-0.2, 0) is 4.74 Å². The number of hydrogen-bond acceptors (Lipinski definition) is 6. The fourth-order valence-electron chi connectivity index (χ4n) is 2.34. The third-order valence-electron chi connectivity index (χ3n) is 3.29. The lowest BCUT2D eigenvalue weighted by Gasteiger charge is -2.14. The second-order valence-electron chi connectivity index (χ2n) is 4.55. The van der Waals surface area contributed by atoms with Gasteiger partial charge in [0.15, 0.2) is 5.52 Å². The summed E-state index contributed by atoms with van der Waals surface area (Å²) in [4.78, 5) is 18.2. The van der Waals surface area contributed by atoms with Gasteiger partial charge in [-0.2, -0.15) is 0 Å². The highest BCUT2D eigenvalue weighted by Crippen LogP contribution is 2.30. The number of aliphatic hydroxyl groups excluding tert-OH is 2. The van der Waals surface area contributed by atoms with Crippen LogP contribution in [0.15, 0.2) is 17.2 Å². The first kappa shape index (κ1) is 12.2. The molecule has 8 heteroatoms. The van der Waals surface area contributed by atoms with Gasteiger partial charge in [-0.3, -0.25) is 4.79 Å². The third kappa shape index (κ3) is 1.89. The van der Waals surface area contributed by atoms with Crippen LogP contribution >= 0.6 is 0 Å². The van der Waals surface area contributed by atoms with Crippen molar-refractivity contribution in [1.82, 2.24) is 14.5 Å². The predicted octanol–water partition coefficient (Wildman–Crippen LogP) is -1.05. The molecule has 0 radical (unpaired) electrons. The summed E-state index contributed by atoms with van der Waals surface area (Å²) in [5, 5.41) is 18.8. The van der Waals surface area contributed by atoms with E-state index in [1.807, 2.05) is 0 Å². The fraction of sp³-hybridized carbons (Fsp3) is 0.455. The molecular formula is C11H14N4O4. The van der Waals surface area contributed by atoms with Gasteiger partial charge in [0.05, 0.1) is 24.6 Å². The van der Waals surface area contributed by atoms with E-state index in [1.165, 1.54) is 6.33 Å². The molecule has 1 unspecified atom stereocenters. The topological polar surface area (TPSA) is 126 Å². The van der Waals surface area contributed by atoms with E-state index in [0.717, 1.165) is 0 Å². The third-order valence-corrected chi connectivity index (χ3v) is 3.29. The second-order valence-corrected chi connectivity index (χ2v) is 4.55. The highest BCUT2D eigenvalue weighted by molar-refractivity contribution is 5.76. The van der Waals surface area contributed by atoms with E-state index in [-0.39, 0.29) is 23.5 Å². The molecule has 0 aromatic carbocycles. The van der Waals surface area contributed by atoms with Crippen LogP contribution in [0.3, 0.4) is 0 Å². The SMILES string of the molecule is Nc1cc2c(ncn2C2C[C@H](O)[C@@H](CO)O2)c(=O)[nH]1. The molecular weight excluding hydrogens is 252 g/mol. The van der Waals surface area contributed by atoms with Gasteiger partial charge in [0.2, 0.25) is 0 Å². The number of ether oxygens (including phenoxy) is 1. The average molecular weight is 266 g/mol. The second kappa shape index (κ2) is 4.34.